The molecule has 3 aromatic rings. The van der Waals surface area contributed by atoms with E-state index in [9.17, 15) is 9.59 Å². The number of carboxylic acids is 1. The molecule has 0 unspecified atom stereocenters. The lowest BCUT2D eigenvalue weighted by Gasteiger charge is -2.11. The highest BCUT2D eigenvalue weighted by atomic mass is 35.5. The highest BCUT2D eigenvalue weighted by Crippen LogP contribution is 2.22. The van der Waals surface area contributed by atoms with E-state index < -0.39 is 5.97 Å². The van der Waals surface area contributed by atoms with Crippen LogP contribution in [0.1, 0.15) is 11.3 Å². The number of rotatable bonds is 4. The van der Waals surface area contributed by atoms with Crippen LogP contribution in [0.25, 0.3) is 10.8 Å². The summed E-state index contributed by atoms with van der Waals surface area (Å²) in [5.74, 6) is -1.01. The molecule has 2 aromatic carbocycles. The molecule has 0 saturated carbocycles. The van der Waals surface area contributed by atoms with Gasteiger partial charge >= 0.3 is 5.97 Å². The van der Waals surface area contributed by atoms with Gasteiger partial charge in [-0.15, -0.1) is 0 Å². The minimum absolute atomic E-state index is 0.131. The number of halogens is 2. The lowest BCUT2D eigenvalue weighted by molar-refractivity contribution is -0.136. The Morgan fingerprint density at radius 3 is 2.50 bits per heavy atom. The Kier molecular flexibility index (Phi) is 4.55. The summed E-state index contributed by atoms with van der Waals surface area (Å²) in [6, 6.07) is 11.8. The fraction of sp³-hybridized carbons (Fsp3) is 0.118. The first-order valence-corrected chi connectivity index (χ1v) is 7.86. The van der Waals surface area contributed by atoms with Gasteiger partial charge in [0.2, 0.25) is 0 Å². The van der Waals surface area contributed by atoms with Crippen LogP contribution in [-0.4, -0.2) is 20.9 Å². The summed E-state index contributed by atoms with van der Waals surface area (Å²) in [4.78, 5) is 23.7. The molecule has 122 valence electrons. The van der Waals surface area contributed by atoms with Gasteiger partial charge in [0.05, 0.1) is 24.0 Å². The van der Waals surface area contributed by atoms with Crippen LogP contribution in [0.5, 0.6) is 0 Å². The van der Waals surface area contributed by atoms with Gasteiger partial charge in [0.1, 0.15) is 0 Å². The second-order valence-corrected chi connectivity index (χ2v) is 6.10. The van der Waals surface area contributed by atoms with Gasteiger partial charge in [0.25, 0.3) is 5.56 Å². The van der Waals surface area contributed by atoms with Gasteiger partial charge in [0, 0.05) is 15.4 Å². The molecule has 0 saturated heterocycles. The topological polar surface area (TPSA) is 72.2 Å². The molecule has 1 heterocycles. The number of hydrogen-bond acceptors (Lipinski definition) is 3. The van der Waals surface area contributed by atoms with Crippen molar-refractivity contribution in [2.24, 2.45) is 0 Å². The van der Waals surface area contributed by atoms with Crippen LogP contribution >= 0.6 is 23.2 Å². The molecular weight excluding hydrogens is 351 g/mol. The zero-order valence-corrected chi connectivity index (χ0v) is 13.9. The van der Waals surface area contributed by atoms with Crippen molar-refractivity contribution in [1.29, 1.82) is 0 Å². The number of fused-ring (bicyclic) bond motifs is 1. The van der Waals surface area contributed by atoms with E-state index in [-0.39, 0.29) is 18.5 Å². The molecule has 1 N–H and O–H groups in total. The molecule has 0 atom stereocenters. The maximum atomic E-state index is 12.6. The zero-order chi connectivity index (χ0) is 17.3. The zero-order valence-electron chi connectivity index (χ0n) is 12.4. The summed E-state index contributed by atoms with van der Waals surface area (Å²) >= 11 is 12.0. The normalized spacial score (nSPS) is 10.9. The lowest BCUT2D eigenvalue weighted by Crippen LogP contribution is -2.26. The molecule has 1 aromatic heterocycles. The van der Waals surface area contributed by atoms with Crippen molar-refractivity contribution in [3.8, 4) is 0 Å². The highest BCUT2D eigenvalue weighted by Gasteiger charge is 2.14. The summed E-state index contributed by atoms with van der Waals surface area (Å²) in [7, 11) is 0. The summed E-state index contributed by atoms with van der Waals surface area (Å²) in [6.45, 7) is 0.131. The van der Waals surface area contributed by atoms with Crippen LogP contribution in [-0.2, 0) is 17.8 Å². The van der Waals surface area contributed by atoms with E-state index >= 15 is 0 Å². The summed E-state index contributed by atoms with van der Waals surface area (Å²) in [5.41, 5.74) is 0.709. The van der Waals surface area contributed by atoms with Gasteiger partial charge in [-0.25, -0.2) is 4.68 Å². The molecule has 24 heavy (non-hydrogen) atoms. The smallest absolute Gasteiger partial charge is 0.309 e. The summed E-state index contributed by atoms with van der Waals surface area (Å²) < 4.78 is 1.23. The van der Waals surface area contributed by atoms with Gasteiger partial charge in [-0.1, -0.05) is 47.5 Å². The Hall–Kier alpha value is -2.37. The van der Waals surface area contributed by atoms with E-state index in [2.05, 4.69) is 5.10 Å². The molecule has 0 amide bonds. The number of aliphatic carboxylic acids is 1. The molecule has 3 rings (SSSR count). The molecule has 0 spiro atoms. The van der Waals surface area contributed by atoms with Gasteiger partial charge in [-0.3, -0.25) is 9.59 Å². The first-order chi connectivity index (χ1) is 11.5. The minimum Gasteiger partial charge on any atom is -0.481 e. The first kappa shape index (κ1) is 16.5. The van der Waals surface area contributed by atoms with E-state index in [1.807, 2.05) is 0 Å². The molecule has 0 aliphatic rings. The van der Waals surface area contributed by atoms with Crippen molar-refractivity contribution >= 4 is 39.9 Å². The molecule has 0 bridgehead atoms. The van der Waals surface area contributed by atoms with Gasteiger partial charge in [-0.05, 0) is 23.8 Å². The fourth-order valence-electron chi connectivity index (χ4n) is 2.50. The molecule has 0 aliphatic heterocycles. The molecule has 0 fully saturated rings. The van der Waals surface area contributed by atoms with Crippen molar-refractivity contribution in [2.45, 2.75) is 13.0 Å². The maximum Gasteiger partial charge on any atom is 0.309 e. The SMILES string of the molecule is O=C(O)Cc1nn(Cc2ccc(Cl)cc2Cl)c(=O)c2ccccc12. The minimum atomic E-state index is -1.01. The number of carbonyl (C=O) groups is 1. The number of benzene rings is 2. The monoisotopic (exact) mass is 362 g/mol. The van der Waals surface area contributed by atoms with Gasteiger partial charge < -0.3 is 5.11 Å². The second-order valence-electron chi connectivity index (χ2n) is 5.26. The maximum absolute atomic E-state index is 12.6. The Balaban J connectivity index is 2.15. The van der Waals surface area contributed by atoms with Crippen molar-refractivity contribution in [1.82, 2.24) is 9.78 Å². The number of carboxylic acid groups (broad SMARTS) is 1. The highest BCUT2D eigenvalue weighted by molar-refractivity contribution is 6.35. The standard InChI is InChI=1S/C17H12Cl2N2O3/c18-11-6-5-10(14(19)7-11)9-21-17(24)13-4-2-1-3-12(13)15(20-21)8-16(22)23/h1-7H,8-9H2,(H,22,23). The Labute approximate surface area is 147 Å². The predicted molar refractivity (Wildman–Crippen MR) is 92.9 cm³/mol. The Morgan fingerprint density at radius 1 is 1.12 bits per heavy atom. The average molecular weight is 363 g/mol. The van der Waals surface area contributed by atoms with E-state index in [4.69, 9.17) is 28.3 Å². The van der Waals surface area contributed by atoms with Crippen molar-refractivity contribution in [3.63, 3.8) is 0 Å². The average Bonchev–Trinajstić information content (AvgIpc) is 2.54. The quantitative estimate of drug-likeness (QED) is 0.771. The molecule has 7 heteroatoms. The van der Waals surface area contributed by atoms with E-state index in [1.165, 1.54) is 4.68 Å². The van der Waals surface area contributed by atoms with Crippen LogP contribution in [0, 0.1) is 0 Å². The number of aromatic nitrogens is 2. The third-order valence-electron chi connectivity index (χ3n) is 3.60. The van der Waals surface area contributed by atoms with Crippen molar-refractivity contribution in [2.75, 3.05) is 0 Å². The summed E-state index contributed by atoms with van der Waals surface area (Å²) in [5, 5.41) is 15.2. The third-order valence-corrected chi connectivity index (χ3v) is 4.19. The van der Waals surface area contributed by atoms with Crippen LogP contribution < -0.4 is 5.56 Å². The largest absolute Gasteiger partial charge is 0.481 e. The van der Waals surface area contributed by atoms with E-state index in [0.717, 1.165) is 0 Å². The van der Waals surface area contributed by atoms with E-state index in [1.54, 1.807) is 42.5 Å². The van der Waals surface area contributed by atoms with Crippen molar-refractivity contribution < 1.29 is 9.90 Å². The van der Waals surface area contributed by atoms with Crippen LogP contribution in [0.15, 0.2) is 47.3 Å². The molecule has 5 nitrogen and oxygen atoms in total. The van der Waals surface area contributed by atoms with Crippen LogP contribution in [0.2, 0.25) is 10.0 Å². The second kappa shape index (κ2) is 6.63. The summed E-state index contributed by atoms with van der Waals surface area (Å²) in [6.07, 6.45) is -0.269. The third kappa shape index (κ3) is 3.27. The molecule has 0 radical (unpaired) electrons. The lowest BCUT2D eigenvalue weighted by atomic mass is 10.1. The van der Waals surface area contributed by atoms with Crippen LogP contribution in [0.3, 0.4) is 0 Å². The number of nitrogens with zero attached hydrogens (tertiary/aromatic N) is 2. The fourth-order valence-corrected chi connectivity index (χ4v) is 2.97. The van der Waals surface area contributed by atoms with Gasteiger partial charge in [0.15, 0.2) is 0 Å². The molecule has 0 aliphatic carbocycles. The van der Waals surface area contributed by atoms with E-state index in [0.29, 0.717) is 32.1 Å². The Morgan fingerprint density at radius 2 is 1.83 bits per heavy atom. The van der Waals surface area contributed by atoms with Crippen LogP contribution in [0.4, 0.5) is 0 Å². The number of hydrogen-bond donors (Lipinski definition) is 1. The molecular formula is C17H12Cl2N2O3. The first-order valence-electron chi connectivity index (χ1n) is 7.10. The predicted octanol–water partition coefficient (Wildman–Crippen LogP) is 3.38. The Bertz CT molecular complexity index is 999. The van der Waals surface area contributed by atoms with Crippen molar-refractivity contribution in [3.05, 3.63) is 74.1 Å². The van der Waals surface area contributed by atoms with Gasteiger partial charge in [-0.2, -0.15) is 5.10 Å².